The van der Waals surface area contributed by atoms with Crippen molar-refractivity contribution in [2.75, 3.05) is 20.2 Å². The number of hydrogen-bond donors (Lipinski definition) is 2. The van der Waals surface area contributed by atoms with E-state index in [0.717, 1.165) is 16.3 Å². The summed E-state index contributed by atoms with van der Waals surface area (Å²) in [5, 5.41) is 2.53. The van der Waals surface area contributed by atoms with E-state index in [1.165, 1.54) is 7.11 Å². The van der Waals surface area contributed by atoms with Crippen LogP contribution >= 0.6 is 11.6 Å². The van der Waals surface area contributed by atoms with Crippen LogP contribution in [-0.2, 0) is 16.0 Å². The monoisotopic (exact) mass is 479 g/mol. The molecule has 0 unspecified atom stereocenters. The molecule has 3 amide bonds. The Labute approximate surface area is 203 Å². The molecule has 7 nitrogen and oxygen atoms in total. The number of benzene rings is 3. The van der Waals surface area contributed by atoms with Crippen LogP contribution in [-0.4, -0.2) is 42.8 Å². The van der Waals surface area contributed by atoms with Crippen molar-refractivity contribution >= 4 is 40.1 Å². The van der Waals surface area contributed by atoms with Crippen LogP contribution in [0.5, 0.6) is 5.75 Å². The van der Waals surface area contributed by atoms with Crippen molar-refractivity contribution < 1.29 is 19.1 Å². The largest absolute Gasteiger partial charge is 0.496 e. The Morgan fingerprint density at radius 1 is 1.00 bits per heavy atom. The molecule has 0 saturated carbocycles. The average Bonchev–Trinajstić information content (AvgIpc) is 2.87. The van der Waals surface area contributed by atoms with E-state index in [-0.39, 0.29) is 30.1 Å². The molecule has 1 heterocycles. The van der Waals surface area contributed by atoms with E-state index in [1.54, 1.807) is 23.1 Å². The van der Waals surface area contributed by atoms with Gasteiger partial charge in [-0.05, 0) is 47.4 Å². The fourth-order valence-corrected chi connectivity index (χ4v) is 4.43. The number of nitrogens with zero attached hydrogens (tertiary/aromatic N) is 1. The Balaban J connectivity index is 1.28. The number of halogens is 1. The number of fused-ring (bicyclic) bond motifs is 1. The fraction of sp³-hybridized carbons (Fsp3) is 0.269. The molecule has 1 aliphatic heterocycles. The van der Waals surface area contributed by atoms with E-state index >= 15 is 0 Å². The van der Waals surface area contributed by atoms with E-state index in [1.807, 2.05) is 42.5 Å². The van der Waals surface area contributed by atoms with Crippen molar-refractivity contribution in [3.05, 3.63) is 76.8 Å². The molecule has 0 spiro atoms. The molecule has 3 aromatic rings. The summed E-state index contributed by atoms with van der Waals surface area (Å²) in [6.07, 6.45) is 1.16. The lowest BCUT2D eigenvalue weighted by molar-refractivity contribution is -0.131. The van der Waals surface area contributed by atoms with Gasteiger partial charge in [-0.1, -0.05) is 54.1 Å². The summed E-state index contributed by atoms with van der Waals surface area (Å²) in [5.74, 6) is -0.544. The third-order valence-corrected chi connectivity index (χ3v) is 6.34. The van der Waals surface area contributed by atoms with Crippen LogP contribution < -0.4 is 15.6 Å². The highest BCUT2D eigenvalue weighted by molar-refractivity contribution is 6.31. The minimum absolute atomic E-state index is 0.163. The molecule has 0 radical (unpaired) electrons. The average molecular weight is 480 g/mol. The number of hydrazine groups is 1. The lowest BCUT2D eigenvalue weighted by Gasteiger charge is -2.31. The Morgan fingerprint density at radius 3 is 2.50 bits per heavy atom. The highest BCUT2D eigenvalue weighted by Gasteiger charge is 2.29. The number of carbonyl (C=O) groups excluding carboxylic acids is 3. The van der Waals surface area contributed by atoms with Crippen LogP contribution in [0.2, 0.25) is 5.02 Å². The van der Waals surface area contributed by atoms with Crippen LogP contribution in [0.25, 0.3) is 10.8 Å². The van der Waals surface area contributed by atoms with Crippen LogP contribution in [0, 0.1) is 5.92 Å². The molecule has 0 bridgehead atoms. The van der Waals surface area contributed by atoms with Crippen molar-refractivity contribution in [3.63, 3.8) is 0 Å². The molecule has 3 aromatic carbocycles. The van der Waals surface area contributed by atoms with Crippen LogP contribution in [0.4, 0.5) is 0 Å². The van der Waals surface area contributed by atoms with E-state index in [4.69, 9.17) is 16.3 Å². The van der Waals surface area contributed by atoms with Gasteiger partial charge in [0.2, 0.25) is 11.8 Å². The topological polar surface area (TPSA) is 87.7 Å². The van der Waals surface area contributed by atoms with Crippen LogP contribution in [0.15, 0.2) is 60.7 Å². The molecular formula is C26H26ClN3O4. The SMILES string of the molecule is COc1ccc(Cl)cc1C(=O)N1CCC(C(=O)NNC(=O)Cc2cccc3ccccc23)CC1. The summed E-state index contributed by atoms with van der Waals surface area (Å²) in [6.45, 7) is 0.854. The van der Waals surface area contributed by atoms with E-state index in [2.05, 4.69) is 10.9 Å². The maximum Gasteiger partial charge on any atom is 0.257 e. The van der Waals surface area contributed by atoms with Gasteiger partial charge in [-0.25, -0.2) is 0 Å². The Kier molecular flexibility index (Phi) is 7.33. The van der Waals surface area contributed by atoms with Gasteiger partial charge in [-0.2, -0.15) is 0 Å². The minimum Gasteiger partial charge on any atom is -0.496 e. The standard InChI is InChI=1S/C26H26ClN3O4/c1-34-23-10-9-20(27)16-22(23)26(33)30-13-11-18(12-14-30)25(32)29-28-24(31)15-19-7-4-6-17-5-2-3-8-21(17)19/h2-10,16,18H,11-15H2,1H3,(H,28,31)(H,29,32). The van der Waals surface area contributed by atoms with Gasteiger partial charge in [-0.3, -0.25) is 25.2 Å². The number of nitrogens with one attached hydrogen (secondary N) is 2. The minimum atomic E-state index is -0.289. The molecule has 4 rings (SSSR count). The summed E-state index contributed by atoms with van der Waals surface area (Å²) < 4.78 is 5.28. The van der Waals surface area contributed by atoms with E-state index in [9.17, 15) is 14.4 Å². The number of likely N-dealkylation sites (tertiary alicyclic amines) is 1. The molecule has 176 valence electrons. The molecule has 1 aliphatic rings. The second-order valence-corrected chi connectivity index (χ2v) is 8.70. The number of piperidine rings is 1. The molecule has 0 atom stereocenters. The highest BCUT2D eigenvalue weighted by atomic mass is 35.5. The molecule has 34 heavy (non-hydrogen) atoms. The molecule has 1 fully saturated rings. The van der Waals surface area contributed by atoms with Gasteiger partial charge in [0.15, 0.2) is 0 Å². The van der Waals surface area contributed by atoms with E-state index in [0.29, 0.717) is 42.3 Å². The van der Waals surface area contributed by atoms with Crippen LogP contribution in [0.3, 0.4) is 0 Å². The maximum atomic E-state index is 12.9. The summed E-state index contributed by atoms with van der Waals surface area (Å²) in [7, 11) is 1.51. The summed E-state index contributed by atoms with van der Waals surface area (Å²) >= 11 is 6.05. The summed E-state index contributed by atoms with van der Waals surface area (Å²) in [5.41, 5.74) is 6.36. The lowest BCUT2D eigenvalue weighted by atomic mass is 9.95. The van der Waals surface area contributed by atoms with Gasteiger partial charge in [-0.15, -0.1) is 0 Å². The predicted octanol–water partition coefficient (Wildman–Crippen LogP) is 3.74. The zero-order chi connectivity index (χ0) is 24.1. The quantitative estimate of drug-likeness (QED) is 0.546. The van der Waals surface area contributed by atoms with Crippen molar-refractivity contribution in [2.24, 2.45) is 5.92 Å². The summed E-state index contributed by atoms with van der Waals surface area (Å²) in [6, 6.07) is 18.6. The third-order valence-electron chi connectivity index (χ3n) is 6.10. The molecule has 1 saturated heterocycles. The second kappa shape index (κ2) is 10.6. The summed E-state index contributed by atoms with van der Waals surface area (Å²) in [4.78, 5) is 39.6. The van der Waals surface area contributed by atoms with E-state index < -0.39 is 0 Å². The third kappa shape index (κ3) is 5.31. The zero-order valence-electron chi connectivity index (χ0n) is 18.8. The zero-order valence-corrected chi connectivity index (χ0v) is 19.6. The van der Waals surface area contributed by atoms with Crippen molar-refractivity contribution in [1.29, 1.82) is 0 Å². The Hall–Kier alpha value is -3.58. The fourth-order valence-electron chi connectivity index (χ4n) is 4.26. The number of rotatable bonds is 5. The van der Waals surface area contributed by atoms with Crippen LogP contribution in [0.1, 0.15) is 28.8 Å². The van der Waals surface area contributed by atoms with Gasteiger partial charge in [0.05, 0.1) is 19.1 Å². The molecule has 0 aliphatic carbocycles. The normalized spacial score (nSPS) is 14.0. The highest BCUT2D eigenvalue weighted by Crippen LogP contribution is 2.26. The Morgan fingerprint density at radius 2 is 1.74 bits per heavy atom. The molecule has 0 aromatic heterocycles. The van der Waals surface area contributed by atoms with Gasteiger partial charge in [0, 0.05) is 24.0 Å². The predicted molar refractivity (Wildman–Crippen MR) is 131 cm³/mol. The molecule has 2 N–H and O–H groups in total. The number of hydrogen-bond acceptors (Lipinski definition) is 4. The lowest BCUT2D eigenvalue weighted by Crippen LogP contribution is -2.48. The first kappa shape index (κ1) is 23.6. The van der Waals surface area contributed by atoms with Gasteiger partial charge in [0.1, 0.15) is 5.75 Å². The Bertz CT molecular complexity index is 1220. The number of ether oxygens (including phenoxy) is 1. The first-order chi connectivity index (χ1) is 16.5. The van der Waals surface area contributed by atoms with Crippen molar-refractivity contribution in [1.82, 2.24) is 15.8 Å². The van der Waals surface area contributed by atoms with Gasteiger partial charge < -0.3 is 9.64 Å². The number of methoxy groups -OCH3 is 1. The molecular weight excluding hydrogens is 454 g/mol. The number of carbonyl (C=O) groups is 3. The van der Waals surface area contributed by atoms with Gasteiger partial charge in [0.25, 0.3) is 5.91 Å². The smallest absolute Gasteiger partial charge is 0.257 e. The second-order valence-electron chi connectivity index (χ2n) is 8.26. The first-order valence-corrected chi connectivity index (χ1v) is 11.5. The maximum absolute atomic E-state index is 12.9. The molecule has 8 heteroatoms. The van der Waals surface area contributed by atoms with Gasteiger partial charge >= 0.3 is 0 Å². The van der Waals surface area contributed by atoms with Crippen molar-refractivity contribution in [2.45, 2.75) is 19.3 Å². The number of amides is 3. The first-order valence-electron chi connectivity index (χ1n) is 11.1. The van der Waals surface area contributed by atoms with Crippen molar-refractivity contribution in [3.8, 4) is 5.75 Å².